The molecule has 1 atom stereocenters. The molecule has 4 nitrogen and oxygen atoms in total. The molecule has 1 unspecified atom stereocenters. The zero-order valence-corrected chi connectivity index (χ0v) is 12.6. The number of benzene rings is 1. The lowest BCUT2D eigenvalue weighted by molar-refractivity contribution is 0.0442. The fraction of sp³-hybridized carbons (Fsp3) is 0.400. The maximum Gasteiger partial charge on any atom is 0.107 e. The van der Waals surface area contributed by atoms with Crippen molar-refractivity contribution in [3.63, 3.8) is 0 Å². The summed E-state index contributed by atoms with van der Waals surface area (Å²) in [7, 11) is 0. The number of rotatable bonds is 5. The maximum absolute atomic E-state index is 10.9. The second-order valence-electron chi connectivity index (χ2n) is 4.94. The van der Waals surface area contributed by atoms with E-state index in [2.05, 4.69) is 5.10 Å². The smallest absolute Gasteiger partial charge is 0.107 e. The Morgan fingerprint density at radius 2 is 2.00 bits per heavy atom. The van der Waals surface area contributed by atoms with Gasteiger partial charge in [-0.3, -0.25) is 4.68 Å². The monoisotopic (exact) mass is 293 g/mol. The third kappa shape index (κ3) is 2.73. The SMILES string of the molecule is CCn1nc(C)c(Cl)c1CC(O)(CN)c1ccccc1. The van der Waals surface area contributed by atoms with Crippen molar-refractivity contribution in [2.45, 2.75) is 32.4 Å². The van der Waals surface area contributed by atoms with Gasteiger partial charge in [0.05, 0.1) is 16.4 Å². The van der Waals surface area contributed by atoms with Crippen molar-refractivity contribution in [3.05, 3.63) is 52.3 Å². The molecular weight excluding hydrogens is 274 g/mol. The predicted octanol–water partition coefficient (Wildman–Crippen LogP) is 2.25. The number of nitrogens with two attached hydrogens (primary N) is 1. The van der Waals surface area contributed by atoms with Gasteiger partial charge in [-0.2, -0.15) is 5.10 Å². The summed E-state index contributed by atoms with van der Waals surface area (Å²) in [6.07, 6.45) is 0.348. The molecule has 108 valence electrons. The van der Waals surface area contributed by atoms with E-state index in [1.54, 1.807) is 0 Å². The Bertz CT molecular complexity index is 582. The fourth-order valence-electron chi connectivity index (χ4n) is 2.36. The van der Waals surface area contributed by atoms with Crippen LogP contribution in [-0.4, -0.2) is 21.4 Å². The molecule has 0 spiro atoms. The predicted molar refractivity (Wildman–Crippen MR) is 80.7 cm³/mol. The Kier molecular flexibility index (Phi) is 4.48. The molecule has 20 heavy (non-hydrogen) atoms. The van der Waals surface area contributed by atoms with Crippen molar-refractivity contribution in [1.82, 2.24) is 9.78 Å². The van der Waals surface area contributed by atoms with E-state index in [4.69, 9.17) is 17.3 Å². The highest BCUT2D eigenvalue weighted by molar-refractivity contribution is 6.31. The highest BCUT2D eigenvalue weighted by Crippen LogP contribution is 2.29. The molecule has 0 amide bonds. The molecule has 1 heterocycles. The number of aromatic nitrogens is 2. The lowest BCUT2D eigenvalue weighted by Gasteiger charge is -2.27. The van der Waals surface area contributed by atoms with Gasteiger partial charge in [-0.15, -0.1) is 0 Å². The molecule has 5 heteroatoms. The van der Waals surface area contributed by atoms with Crippen molar-refractivity contribution in [3.8, 4) is 0 Å². The maximum atomic E-state index is 10.9. The van der Waals surface area contributed by atoms with Gasteiger partial charge in [0.2, 0.25) is 0 Å². The Morgan fingerprint density at radius 1 is 1.35 bits per heavy atom. The summed E-state index contributed by atoms with van der Waals surface area (Å²) in [6.45, 7) is 4.69. The lowest BCUT2D eigenvalue weighted by atomic mass is 9.89. The zero-order valence-electron chi connectivity index (χ0n) is 11.8. The van der Waals surface area contributed by atoms with E-state index in [1.807, 2.05) is 48.9 Å². The molecule has 2 rings (SSSR count). The zero-order chi connectivity index (χ0) is 14.8. The third-order valence-electron chi connectivity index (χ3n) is 3.56. The summed E-state index contributed by atoms with van der Waals surface area (Å²) in [5.74, 6) is 0. The first-order valence-electron chi connectivity index (χ1n) is 6.71. The highest BCUT2D eigenvalue weighted by Gasteiger charge is 2.31. The Morgan fingerprint density at radius 3 is 2.55 bits per heavy atom. The summed E-state index contributed by atoms with van der Waals surface area (Å²) >= 11 is 6.31. The van der Waals surface area contributed by atoms with Gasteiger partial charge in [0.15, 0.2) is 0 Å². The van der Waals surface area contributed by atoms with E-state index >= 15 is 0 Å². The first kappa shape index (κ1) is 15.0. The van der Waals surface area contributed by atoms with Crippen LogP contribution in [0.2, 0.25) is 5.02 Å². The topological polar surface area (TPSA) is 64.1 Å². The molecule has 3 N–H and O–H groups in total. The molecule has 0 saturated carbocycles. The minimum Gasteiger partial charge on any atom is -0.383 e. The van der Waals surface area contributed by atoms with Gasteiger partial charge in [-0.05, 0) is 19.4 Å². The van der Waals surface area contributed by atoms with E-state index in [0.29, 0.717) is 18.0 Å². The van der Waals surface area contributed by atoms with Crippen LogP contribution in [0.5, 0.6) is 0 Å². The van der Waals surface area contributed by atoms with Crippen molar-refractivity contribution in [1.29, 1.82) is 0 Å². The van der Waals surface area contributed by atoms with Gasteiger partial charge in [-0.1, -0.05) is 41.9 Å². The van der Waals surface area contributed by atoms with Gasteiger partial charge < -0.3 is 10.8 Å². The van der Waals surface area contributed by atoms with Gasteiger partial charge >= 0.3 is 0 Å². The van der Waals surface area contributed by atoms with Crippen LogP contribution in [0.15, 0.2) is 30.3 Å². The molecular formula is C15H20ClN3O. The second-order valence-corrected chi connectivity index (χ2v) is 5.32. The number of nitrogens with zero attached hydrogens (tertiary/aromatic N) is 2. The summed E-state index contributed by atoms with van der Waals surface area (Å²) in [5, 5.41) is 15.9. The van der Waals surface area contributed by atoms with Crippen LogP contribution in [0, 0.1) is 6.92 Å². The van der Waals surface area contributed by atoms with E-state index in [9.17, 15) is 5.11 Å². The van der Waals surface area contributed by atoms with Gasteiger partial charge in [0.1, 0.15) is 5.60 Å². The van der Waals surface area contributed by atoms with Crippen molar-refractivity contribution < 1.29 is 5.11 Å². The average molecular weight is 294 g/mol. The molecule has 2 aromatic rings. The Balaban J connectivity index is 2.41. The van der Waals surface area contributed by atoms with E-state index in [1.165, 1.54) is 0 Å². The first-order valence-corrected chi connectivity index (χ1v) is 7.09. The molecule has 1 aromatic heterocycles. The lowest BCUT2D eigenvalue weighted by Crippen LogP contribution is -2.38. The minimum atomic E-state index is -1.13. The summed E-state index contributed by atoms with van der Waals surface area (Å²) in [6, 6.07) is 9.44. The fourth-order valence-corrected chi connectivity index (χ4v) is 2.56. The average Bonchev–Trinajstić information content (AvgIpc) is 2.75. The van der Waals surface area contributed by atoms with Gasteiger partial charge in [0, 0.05) is 19.5 Å². The largest absolute Gasteiger partial charge is 0.383 e. The van der Waals surface area contributed by atoms with Gasteiger partial charge in [-0.25, -0.2) is 0 Å². The third-order valence-corrected chi connectivity index (χ3v) is 4.05. The number of hydrogen-bond donors (Lipinski definition) is 2. The number of halogens is 1. The second kappa shape index (κ2) is 5.95. The highest BCUT2D eigenvalue weighted by atomic mass is 35.5. The standard InChI is InChI=1S/C15H20ClN3O/c1-3-19-13(14(16)11(2)18-19)9-15(20,10-17)12-7-5-4-6-8-12/h4-8,20H,3,9-10,17H2,1-2H3. The van der Waals surface area contributed by atoms with Crippen LogP contribution >= 0.6 is 11.6 Å². The molecule has 0 aliphatic carbocycles. The van der Waals surface area contributed by atoms with Crippen LogP contribution in [0.25, 0.3) is 0 Å². The van der Waals surface area contributed by atoms with E-state index in [-0.39, 0.29) is 6.54 Å². The van der Waals surface area contributed by atoms with E-state index in [0.717, 1.165) is 17.0 Å². The molecule has 0 bridgehead atoms. The normalized spacial score (nSPS) is 14.2. The van der Waals surface area contributed by atoms with E-state index < -0.39 is 5.60 Å². The molecule has 1 aromatic carbocycles. The van der Waals surface area contributed by atoms with Crippen LogP contribution in [0.3, 0.4) is 0 Å². The summed E-state index contributed by atoms with van der Waals surface area (Å²) in [5.41, 5.74) is 7.07. The Hall–Kier alpha value is -1.36. The first-order chi connectivity index (χ1) is 9.51. The Labute approximate surface area is 124 Å². The number of aryl methyl sites for hydroxylation is 2. The van der Waals surface area contributed by atoms with Crippen molar-refractivity contribution in [2.24, 2.45) is 5.73 Å². The van der Waals surface area contributed by atoms with Crippen LogP contribution in [0.1, 0.15) is 23.9 Å². The van der Waals surface area contributed by atoms with Crippen LogP contribution in [0.4, 0.5) is 0 Å². The van der Waals surface area contributed by atoms with Crippen molar-refractivity contribution >= 4 is 11.6 Å². The van der Waals surface area contributed by atoms with Crippen LogP contribution < -0.4 is 5.73 Å². The summed E-state index contributed by atoms with van der Waals surface area (Å²) in [4.78, 5) is 0. The van der Waals surface area contributed by atoms with Gasteiger partial charge in [0.25, 0.3) is 0 Å². The number of aliphatic hydroxyl groups is 1. The molecule has 0 fully saturated rings. The van der Waals surface area contributed by atoms with Crippen molar-refractivity contribution in [2.75, 3.05) is 6.54 Å². The molecule has 0 radical (unpaired) electrons. The minimum absolute atomic E-state index is 0.126. The summed E-state index contributed by atoms with van der Waals surface area (Å²) < 4.78 is 1.82. The molecule has 0 saturated heterocycles. The molecule has 0 aliphatic heterocycles. The quantitative estimate of drug-likeness (QED) is 0.889. The molecule has 0 aliphatic rings. The number of hydrogen-bond acceptors (Lipinski definition) is 3. The van der Waals surface area contributed by atoms with Crippen LogP contribution in [-0.2, 0) is 18.6 Å².